The minimum Gasteiger partial charge on any atom is -0.493 e. The smallest absolute Gasteiger partial charge is 0.282 e. The van der Waals surface area contributed by atoms with Gasteiger partial charge in [-0.1, -0.05) is 48.5 Å². The molecule has 3 aromatic carbocycles. The van der Waals surface area contributed by atoms with Crippen LogP contribution < -0.4 is 19.9 Å². The Kier molecular flexibility index (Phi) is 6.73. The van der Waals surface area contributed by atoms with Crippen molar-refractivity contribution in [1.29, 1.82) is 0 Å². The number of anilines is 1. The molecule has 1 aliphatic heterocycles. The number of carbonyl (C=O) groups is 3. The zero-order valence-electron chi connectivity index (χ0n) is 18.9. The number of amides is 2. The first kappa shape index (κ1) is 22.8. The summed E-state index contributed by atoms with van der Waals surface area (Å²) in [5.74, 6) is -0.499. The third-order valence-electron chi connectivity index (χ3n) is 5.20. The molecule has 0 atom stereocenters. The summed E-state index contributed by atoms with van der Waals surface area (Å²) < 4.78 is 11.5. The van der Waals surface area contributed by atoms with Crippen LogP contribution in [0.5, 0.6) is 11.5 Å². The van der Waals surface area contributed by atoms with Crippen LogP contribution in [0.1, 0.15) is 35.3 Å². The number of ketones is 1. The van der Waals surface area contributed by atoms with Gasteiger partial charge in [0.2, 0.25) is 0 Å². The van der Waals surface area contributed by atoms with Crippen molar-refractivity contribution in [3.8, 4) is 11.5 Å². The van der Waals surface area contributed by atoms with Crippen LogP contribution in [-0.4, -0.2) is 30.8 Å². The molecule has 0 spiro atoms. The van der Waals surface area contributed by atoms with Gasteiger partial charge in [0, 0.05) is 17.2 Å². The van der Waals surface area contributed by atoms with Gasteiger partial charge in [0.05, 0.1) is 24.5 Å². The number of hydrogen-bond acceptors (Lipinski definition) is 5. The van der Waals surface area contributed by atoms with Crippen molar-refractivity contribution in [2.45, 2.75) is 13.8 Å². The second kappa shape index (κ2) is 10.0. The number of ether oxygens (including phenoxy) is 2. The fourth-order valence-corrected chi connectivity index (χ4v) is 3.64. The number of carbonyl (C=O) groups excluding carboxylic acids is 3. The zero-order chi connectivity index (χ0) is 24.1. The van der Waals surface area contributed by atoms with Gasteiger partial charge >= 0.3 is 0 Å². The Morgan fingerprint density at radius 3 is 2.15 bits per heavy atom. The van der Waals surface area contributed by atoms with E-state index in [4.69, 9.17) is 9.47 Å². The van der Waals surface area contributed by atoms with Crippen molar-refractivity contribution >= 4 is 29.4 Å². The number of para-hydroxylation sites is 1. The lowest BCUT2D eigenvalue weighted by Gasteiger charge is -2.15. The van der Waals surface area contributed by atoms with Gasteiger partial charge in [-0.15, -0.1) is 0 Å². The third-order valence-corrected chi connectivity index (χ3v) is 5.20. The summed E-state index contributed by atoms with van der Waals surface area (Å²) in [6.45, 7) is 4.36. The molecule has 1 N–H and O–H groups in total. The lowest BCUT2D eigenvalue weighted by atomic mass is 9.98. The second-order valence-corrected chi connectivity index (χ2v) is 7.42. The number of hydrogen-bond donors (Lipinski definition) is 1. The lowest BCUT2D eigenvalue weighted by molar-refractivity contribution is -0.117. The van der Waals surface area contributed by atoms with Crippen molar-refractivity contribution in [2.24, 2.45) is 0 Å². The molecular weight excluding hydrogens is 432 g/mol. The maximum Gasteiger partial charge on any atom is 0.282 e. The largest absolute Gasteiger partial charge is 0.493 e. The van der Waals surface area contributed by atoms with Gasteiger partial charge in [0.25, 0.3) is 11.8 Å². The van der Waals surface area contributed by atoms with E-state index in [9.17, 15) is 14.4 Å². The molecule has 2 amide bonds. The average Bonchev–Trinajstić information content (AvgIpc) is 3.14. The van der Waals surface area contributed by atoms with Crippen molar-refractivity contribution in [2.75, 3.05) is 18.2 Å². The first-order chi connectivity index (χ1) is 16.5. The number of benzene rings is 3. The molecule has 1 fully saturated rings. The Hall–Kier alpha value is -4.39. The van der Waals surface area contributed by atoms with Crippen LogP contribution in [-0.2, 0) is 9.59 Å². The van der Waals surface area contributed by atoms with E-state index < -0.39 is 11.8 Å². The van der Waals surface area contributed by atoms with E-state index in [0.29, 0.717) is 47.1 Å². The molecule has 34 heavy (non-hydrogen) atoms. The summed E-state index contributed by atoms with van der Waals surface area (Å²) >= 11 is 0. The highest BCUT2D eigenvalue weighted by atomic mass is 16.5. The highest BCUT2D eigenvalue weighted by Crippen LogP contribution is 2.33. The summed E-state index contributed by atoms with van der Waals surface area (Å²) in [7, 11) is 0. The first-order valence-corrected chi connectivity index (χ1v) is 11.0. The van der Waals surface area contributed by atoms with Crippen molar-refractivity contribution in [3.05, 3.63) is 95.1 Å². The van der Waals surface area contributed by atoms with E-state index in [1.54, 1.807) is 60.7 Å². The molecule has 1 saturated heterocycles. The molecule has 0 saturated carbocycles. The Balaban J connectivity index is 1.80. The van der Waals surface area contributed by atoms with Gasteiger partial charge in [-0.3, -0.25) is 19.8 Å². The minimum absolute atomic E-state index is 0.0629. The predicted molar refractivity (Wildman–Crippen MR) is 129 cm³/mol. The van der Waals surface area contributed by atoms with Gasteiger partial charge in [0.1, 0.15) is 17.1 Å². The highest BCUT2D eigenvalue weighted by Gasteiger charge is 2.34. The molecule has 0 aliphatic carbocycles. The molecule has 0 bridgehead atoms. The Bertz CT molecular complexity index is 1250. The molecular formula is C27H24N2O5. The van der Waals surface area contributed by atoms with Crippen LogP contribution in [0.3, 0.4) is 0 Å². The topological polar surface area (TPSA) is 84.9 Å². The molecule has 0 unspecified atom stereocenters. The van der Waals surface area contributed by atoms with Crippen LogP contribution in [0, 0.1) is 0 Å². The van der Waals surface area contributed by atoms with Crippen LogP contribution in [0.15, 0.2) is 78.4 Å². The van der Waals surface area contributed by atoms with E-state index in [2.05, 4.69) is 5.43 Å². The van der Waals surface area contributed by atoms with E-state index in [-0.39, 0.29) is 11.4 Å². The van der Waals surface area contributed by atoms with Crippen LogP contribution in [0.2, 0.25) is 0 Å². The molecule has 0 radical (unpaired) electrons. The zero-order valence-corrected chi connectivity index (χ0v) is 18.9. The van der Waals surface area contributed by atoms with Crippen LogP contribution >= 0.6 is 0 Å². The molecule has 3 aromatic rings. The quantitative estimate of drug-likeness (QED) is 0.312. The van der Waals surface area contributed by atoms with E-state index in [1.807, 2.05) is 26.0 Å². The molecule has 172 valence electrons. The maximum absolute atomic E-state index is 13.3. The standard InChI is InChI=1S/C27H24N2O5/c1-3-33-23-17-24(34-4-2)21(25(30)18-11-7-5-8-12-18)15-19(23)16-22-26(31)28-29(27(22)32)20-13-9-6-10-14-20/h5-17H,3-4H2,1-2H3,(H,28,31). The van der Waals surface area contributed by atoms with Gasteiger partial charge in [-0.25, -0.2) is 5.01 Å². The van der Waals surface area contributed by atoms with Crippen LogP contribution in [0.4, 0.5) is 5.69 Å². The number of hydrazine groups is 1. The number of rotatable bonds is 8. The van der Waals surface area contributed by atoms with Crippen molar-refractivity contribution in [1.82, 2.24) is 5.43 Å². The summed E-state index contributed by atoms with van der Waals surface area (Å²) in [6, 6.07) is 20.9. The monoisotopic (exact) mass is 456 g/mol. The summed E-state index contributed by atoms with van der Waals surface area (Å²) in [5.41, 5.74) is 4.30. The van der Waals surface area contributed by atoms with E-state index in [1.165, 1.54) is 11.1 Å². The Labute approximate surface area is 197 Å². The summed E-state index contributed by atoms with van der Waals surface area (Å²) in [6.07, 6.45) is 1.45. The van der Waals surface area contributed by atoms with E-state index in [0.717, 1.165) is 0 Å². The molecule has 7 nitrogen and oxygen atoms in total. The van der Waals surface area contributed by atoms with Gasteiger partial charge in [-0.2, -0.15) is 0 Å². The molecule has 1 heterocycles. The number of nitrogens with one attached hydrogen (secondary N) is 1. The molecule has 4 rings (SSSR count). The Morgan fingerprint density at radius 1 is 0.882 bits per heavy atom. The van der Waals surface area contributed by atoms with Crippen LogP contribution in [0.25, 0.3) is 6.08 Å². The molecule has 0 aromatic heterocycles. The van der Waals surface area contributed by atoms with Crippen molar-refractivity contribution < 1.29 is 23.9 Å². The van der Waals surface area contributed by atoms with Gasteiger partial charge < -0.3 is 9.47 Å². The van der Waals surface area contributed by atoms with Gasteiger partial charge in [-0.05, 0) is 38.1 Å². The highest BCUT2D eigenvalue weighted by molar-refractivity contribution is 6.31. The lowest BCUT2D eigenvalue weighted by Crippen LogP contribution is -2.35. The average molecular weight is 456 g/mol. The fraction of sp³-hybridized carbons (Fsp3) is 0.148. The first-order valence-electron chi connectivity index (χ1n) is 11.0. The summed E-state index contributed by atoms with van der Waals surface area (Å²) in [4.78, 5) is 39.0. The fourth-order valence-electron chi connectivity index (χ4n) is 3.64. The van der Waals surface area contributed by atoms with Crippen molar-refractivity contribution in [3.63, 3.8) is 0 Å². The minimum atomic E-state index is -0.541. The maximum atomic E-state index is 13.3. The SMILES string of the molecule is CCOc1cc(OCC)c(C(=O)c2ccccc2)cc1C=C1C(=O)NN(c2ccccc2)C1=O. The normalized spacial score (nSPS) is 14.3. The molecule has 1 aliphatic rings. The number of nitrogens with zero attached hydrogens (tertiary/aromatic N) is 1. The van der Waals surface area contributed by atoms with Gasteiger partial charge in [0.15, 0.2) is 5.78 Å². The third kappa shape index (κ3) is 4.54. The molecule has 7 heteroatoms. The van der Waals surface area contributed by atoms with E-state index >= 15 is 0 Å². The Morgan fingerprint density at radius 2 is 1.50 bits per heavy atom. The second-order valence-electron chi connectivity index (χ2n) is 7.42. The summed E-state index contributed by atoms with van der Waals surface area (Å²) in [5, 5.41) is 1.19. The predicted octanol–water partition coefficient (Wildman–Crippen LogP) is 4.18.